The van der Waals surface area contributed by atoms with Crippen molar-refractivity contribution in [1.29, 1.82) is 0 Å². The third-order valence-electron chi connectivity index (χ3n) is 11.7. The summed E-state index contributed by atoms with van der Waals surface area (Å²) in [5.74, 6) is 0. The summed E-state index contributed by atoms with van der Waals surface area (Å²) in [6.07, 6.45) is 0. The summed E-state index contributed by atoms with van der Waals surface area (Å²) < 4.78 is 4.78. The van der Waals surface area contributed by atoms with Crippen LogP contribution >= 0.6 is 0 Å². The lowest BCUT2D eigenvalue weighted by atomic mass is 9.97. The van der Waals surface area contributed by atoms with Crippen molar-refractivity contribution in [3.05, 3.63) is 206 Å². The van der Waals surface area contributed by atoms with Gasteiger partial charge in [-0.3, -0.25) is 8.80 Å². The first kappa shape index (κ1) is 32.4. The van der Waals surface area contributed by atoms with E-state index in [-0.39, 0.29) is 0 Å². The molecule has 0 atom stereocenters. The molecule has 0 unspecified atom stereocenters. The molecule has 0 aliphatic rings. The van der Waals surface area contributed by atoms with Crippen LogP contribution in [0.15, 0.2) is 206 Å². The van der Waals surface area contributed by atoms with Crippen LogP contribution in [0.5, 0.6) is 0 Å². The molecule has 0 bridgehead atoms. The van der Waals surface area contributed by atoms with Gasteiger partial charge in [0.1, 0.15) is 11.3 Å². The Labute approximate surface area is 334 Å². The highest BCUT2D eigenvalue weighted by Crippen LogP contribution is 2.42. The second kappa shape index (κ2) is 12.9. The summed E-state index contributed by atoms with van der Waals surface area (Å²) in [6, 6.07) is 73.7. The number of hydrogen-bond donors (Lipinski definition) is 0. The van der Waals surface area contributed by atoms with Crippen LogP contribution in [0, 0.1) is 0 Å². The van der Waals surface area contributed by atoms with Crippen molar-refractivity contribution < 1.29 is 0 Å². The molecule has 0 aliphatic carbocycles. The fourth-order valence-corrected chi connectivity index (χ4v) is 9.06. The van der Waals surface area contributed by atoms with E-state index in [0.29, 0.717) is 0 Å². The predicted molar refractivity (Wildman–Crippen MR) is 241 cm³/mol. The fraction of sp³-hybridized carbons (Fsp3) is 0. The highest BCUT2D eigenvalue weighted by molar-refractivity contribution is 6.16. The lowest BCUT2D eigenvalue weighted by Crippen LogP contribution is -1.96. The number of nitrogens with zero attached hydrogens (tertiary/aromatic N) is 4. The van der Waals surface area contributed by atoms with E-state index in [1.54, 1.807) is 0 Å². The van der Waals surface area contributed by atoms with Gasteiger partial charge in [-0.1, -0.05) is 194 Å². The first-order valence-electron chi connectivity index (χ1n) is 19.8. The highest BCUT2D eigenvalue weighted by Gasteiger charge is 2.23. The van der Waals surface area contributed by atoms with Crippen molar-refractivity contribution >= 4 is 54.6 Å². The molecule has 0 saturated heterocycles. The fourth-order valence-electron chi connectivity index (χ4n) is 9.06. The standard InChI is InChI=1S/C54H34N4/c1-5-17-35(18-6-1)49-51(37-21-9-3-10-22-37)57-47-33-39(29-31-43(47)41-25-13-15-27-45(41)53(57)55-49)40-30-32-44-42-26-14-16-28-46(42)54-56-50(36-19-7-2-8-20-36)52(58(54)48(44)34-40)38-23-11-4-12-24-38/h1-34H. The molecular weight excluding hydrogens is 705 g/mol. The molecule has 4 heteroatoms. The molecule has 0 aliphatic heterocycles. The molecule has 4 aromatic heterocycles. The van der Waals surface area contributed by atoms with Gasteiger partial charge in [0.2, 0.25) is 0 Å². The first-order chi connectivity index (χ1) is 28.8. The Hall–Kier alpha value is -7.82. The van der Waals surface area contributed by atoms with Gasteiger partial charge in [-0.25, -0.2) is 9.97 Å². The Balaban J connectivity index is 1.18. The number of pyridine rings is 2. The summed E-state index contributed by atoms with van der Waals surface area (Å²) in [5.41, 5.74) is 14.9. The molecule has 0 saturated carbocycles. The molecule has 12 aromatic rings. The van der Waals surface area contributed by atoms with E-state index < -0.39 is 0 Å². The zero-order valence-electron chi connectivity index (χ0n) is 31.4. The van der Waals surface area contributed by atoms with Crippen molar-refractivity contribution in [3.8, 4) is 56.2 Å². The molecular formula is C54H34N4. The molecule has 0 N–H and O–H groups in total. The number of rotatable bonds is 5. The average molecular weight is 739 g/mol. The normalized spacial score (nSPS) is 11.8. The van der Waals surface area contributed by atoms with E-state index in [0.717, 1.165) is 89.3 Å². The van der Waals surface area contributed by atoms with Gasteiger partial charge in [-0.15, -0.1) is 0 Å². The van der Waals surface area contributed by atoms with Crippen molar-refractivity contribution in [2.45, 2.75) is 0 Å². The van der Waals surface area contributed by atoms with Crippen LogP contribution in [0.4, 0.5) is 0 Å². The van der Waals surface area contributed by atoms with E-state index in [1.165, 1.54) is 21.5 Å². The quantitative estimate of drug-likeness (QED) is 0.165. The van der Waals surface area contributed by atoms with Gasteiger partial charge in [0.25, 0.3) is 0 Å². The van der Waals surface area contributed by atoms with Crippen LogP contribution in [-0.4, -0.2) is 18.8 Å². The third-order valence-corrected chi connectivity index (χ3v) is 11.7. The molecule has 0 spiro atoms. The SMILES string of the molecule is c1ccc(-c2nc3c4ccccc4c4ccc(-c5ccc6c7ccccc7c7nc(-c8ccccc8)c(-c8ccccc8)n7c6c5)cc4n3c2-c2ccccc2)cc1. The van der Waals surface area contributed by atoms with Crippen molar-refractivity contribution in [1.82, 2.24) is 18.8 Å². The summed E-state index contributed by atoms with van der Waals surface area (Å²) in [7, 11) is 0. The van der Waals surface area contributed by atoms with Crippen LogP contribution in [0.3, 0.4) is 0 Å². The summed E-state index contributed by atoms with van der Waals surface area (Å²) in [6.45, 7) is 0. The van der Waals surface area contributed by atoms with Crippen LogP contribution in [-0.2, 0) is 0 Å². The molecule has 58 heavy (non-hydrogen) atoms. The topological polar surface area (TPSA) is 34.6 Å². The molecule has 8 aromatic carbocycles. The zero-order valence-corrected chi connectivity index (χ0v) is 31.4. The summed E-state index contributed by atoms with van der Waals surface area (Å²) >= 11 is 0. The van der Waals surface area contributed by atoms with Gasteiger partial charge in [0.05, 0.1) is 33.8 Å². The van der Waals surface area contributed by atoms with Gasteiger partial charge in [-0.05, 0) is 34.0 Å². The second-order valence-corrected chi connectivity index (χ2v) is 15.0. The molecule has 4 heterocycles. The number of hydrogen-bond acceptors (Lipinski definition) is 2. The minimum absolute atomic E-state index is 0.948. The monoisotopic (exact) mass is 738 g/mol. The second-order valence-electron chi connectivity index (χ2n) is 15.0. The Morgan fingerprint density at radius 3 is 0.966 bits per heavy atom. The minimum atomic E-state index is 0.948. The molecule has 12 rings (SSSR count). The molecule has 0 amide bonds. The Morgan fingerprint density at radius 1 is 0.259 bits per heavy atom. The third kappa shape index (κ3) is 4.88. The maximum absolute atomic E-state index is 5.46. The molecule has 0 fully saturated rings. The van der Waals surface area contributed by atoms with Gasteiger partial charge in [-0.2, -0.15) is 0 Å². The largest absolute Gasteiger partial charge is 0.291 e. The van der Waals surface area contributed by atoms with Gasteiger partial charge < -0.3 is 0 Å². The van der Waals surface area contributed by atoms with E-state index in [1.807, 2.05) is 0 Å². The molecule has 4 nitrogen and oxygen atoms in total. The Kier molecular flexibility index (Phi) is 7.20. The molecule has 0 radical (unpaired) electrons. The predicted octanol–water partition coefficient (Wildman–Crippen LogP) is 13.9. The average Bonchev–Trinajstić information content (AvgIpc) is 3.92. The molecule has 270 valence electrons. The number of benzene rings is 8. The highest BCUT2D eigenvalue weighted by atomic mass is 15.0. The smallest absolute Gasteiger partial charge is 0.146 e. The minimum Gasteiger partial charge on any atom is -0.291 e. The lowest BCUT2D eigenvalue weighted by Gasteiger charge is -2.15. The summed E-state index contributed by atoms with van der Waals surface area (Å²) in [4.78, 5) is 10.9. The van der Waals surface area contributed by atoms with E-state index >= 15 is 0 Å². The lowest BCUT2D eigenvalue weighted by molar-refractivity contribution is 1.27. The maximum atomic E-state index is 5.46. The van der Waals surface area contributed by atoms with E-state index in [4.69, 9.17) is 9.97 Å². The van der Waals surface area contributed by atoms with E-state index in [2.05, 4.69) is 215 Å². The van der Waals surface area contributed by atoms with Gasteiger partial charge in [0, 0.05) is 43.8 Å². The van der Waals surface area contributed by atoms with Crippen molar-refractivity contribution in [2.24, 2.45) is 0 Å². The van der Waals surface area contributed by atoms with Crippen LogP contribution < -0.4 is 0 Å². The maximum Gasteiger partial charge on any atom is 0.146 e. The van der Waals surface area contributed by atoms with Gasteiger partial charge in [0.15, 0.2) is 0 Å². The van der Waals surface area contributed by atoms with Crippen LogP contribution in [0.25, 0.3) is 111 Å². The van der Waals surface area contributed by atoms with E-state index in [9.17, 15) is 0 Å². The van der Waals surface area contributed by atoms with Crippen molar-refractivity contribution in [3.63, 3.8) is 0 Å². The zero-order chi connectivity index (χ0) is 38.2. The van der Waals surface area contributed by atoms with Gasteiger partial charge >= 0.3 is 0 Å². The number of imidazole rings is 2. The first-order valence-corrected chi connectivity index (χ1v) is 19.8. The van der Waals surface area contributed by atoms with Crippen LogP contribution in [0.1, 0.15) is 0 Å². The Morgan fingerprint density at radius 2 is 0.586 bits per heavy atom. The number of fused-ring (bicyclic) bond motifs is 12. The van der Waals surface area contributed by atoms with Crippen molar-refractivity contribution in [2.75, 3.05) is 0 Å². The number of aromatic nitrogens is 4. The van der Waals surface area contributed by atoms with Crippen LogP contribution in [0.2, 0.25) is 0 Å². The Bertz CT molecular complexity index is 3290. The summed E-state index contributed by atoms with van der Waals surface area (Å²) in [5, 5.41) is 7.00.